The predicted molar refractivity (Wildman–Crippen MR) is 38.9 cm³/mol. The zero-order valence-corrected chi connectivity index (χ0v) is 6.39. The summed E-state index contributed by atoms with van der Waals surface area (Å²) in [6.07, 6.45) is 0.812. The molecule has 3 heteroatoms. The summed E-state index contributed by atoms with van der Waals surface area (Å²) < 4.78 is 5.13. The van der Waals surface area contributed by atoms with Crippen LogP contribution in [0, 0.1) is 0 Å². The third-order valence-corrected chi connectivity index (χ3v) is 1.80. The Balaban J connectivity index is 2.22. The van der Waals surface area contributed by atoms with Gasteiger partial charge in [0, 0.05) is 13.2 Å². The highest BCUT2D eigenvalue weighted by Crippen LogP contribution is 2.13. The van der Waals surface area contributed by atoms with Gasteiger partial charge in [-0.2, -0.15) is 0 Å². The molecule has 1 unspecified atom stereocenters. The Morgan fingerprint density at radius 3 is 3.00 bits per heavy atom. The minimum atomic E-state index is -0.587. The third-order valence-electron chi connectivity index (χ3n) is 1.80. The number of β-amino-alcohol motifs (C(OH)–C–C–N with tert-alkyl or cyclic N) is 1. The molecule has 10 heavy (non-hydrogen) atoms. The van der Waals surface area contributed by atoms with Crippen molar-refractivity contribution in [3.05, 3.63) is 0 Å². The van der Waals surface area contributed by atoms with Crippen molar-refractivity contribution in [2.24, 2.45) is 0 Å². The molecule has 1 aliphatic rings. The first-order valence-electron chi connectivity index (χ1n) is 3.78. The van der Waals surface area contributed by atoms with Gasteiger partial charge < -0.3 is 15.2 Å². The predicted octanol–water partition coefficient (Wildman–Crippen LogP) is -0.253. The molecule has 1 rings (SSSR count). The van der Waals surface area contributed by atoms with E-state index in [9.17, 15) is 5.11 Å². The summed E-state index contributed by atoms with van der Waals surface area (Å²) in [4.78, 5) is 0. The minimum absolute atomic E-state index is 0.469. The van der Waals surface area contributed by atoms with Crippen LogP contribution in [0.1, 0.15) is 13.3 Å². The molecule has 1 saturated heterocycles. The highest BCUT2D eigenvalue weighted by molar-refractivity contribution is 4.87. The maximum absolute atomic E-state index is 9.63. The Morgan fingerprint density at radius 1 is 1.70 bits per heavy atom. The van der Waals surface area contributed by atoms with E-state index in [1.54, 1.807) is 0 Å². The molecule has 0 aliphatic carbocycles. The summed E-state index contributed by atoms with van der Waals surface area (Å²) in [7, 11) is 0. The van der Waals surface area contributed by atoms with E-state index in [1.165, 1.54) is 0 Å². The van der Waals surface area contributed by atoms with E-state index in [0.717, 1.165) is 13.0 Å². The number of aliphatic hydroxyl groups is 1. The highest BCUT2D eigenvalue weighted by Gasteiger charge is 2.30. The van der Waals surface area contributed by atoms with E-state index in [-0.39, 0.29) is 0 Å². The van der Waals surface area contributed by atoms with Crippen LogP contribution in [0.2, 0.25) is 0 Å². The largest absolute Gasteiger partial charge is 0.386 e. The first kappa shape index (κ1) is 7.98. The van der Waals surface area contributed by atoms with E-state index in [4.69, 9.17) is 4.74 Å². The Morgan fingerprint density at radius 2 is 2.50 bits per heavy atom. The van der Waals surface area contributed by atoms with Gasteiger partial charge in [0.05, 0.1) is 6.61 Å². The average Bonchev–Trinajstić information content (AvgIpc) is 2.33. The molecular formula is C7H15NO2. The zero-order valence-electron chi connectivity index (χ0n) is 6.39. The summed E-state index contributed by atoms with van der Waals surface area (Å²) in [5.41, 5.74) is -0.587. The fourth-order valence-corrected chi connectivity index (χ4v) is 1.15. The lowest BCUT2D eigenvalue weighted by molar-refractivity contribution is -0.0288. The molecular weight excluding hydrogens is 130 g/mol. The molecule has 3 nitrogen and oxygen atoms in total. The van der Waals surface area contributed by atoms with Gasteiger partial charge in [-0.05, 0) is 19.9 Å². The molecule has 0 aromatic rings. The third kappa shape index (κ3) is 1.94. The van der Waals surface area contributed by atoms with Gasteiger partial charge in [-0.25, -0.2) is 0 Å². The molecule has 1 fully saturated rings. The number of rotatable bonds is 3. The van der Waals surface area contributed by atoms with E-state index < -0.39 is 5.60 Å². The Kier molecular flexibility index (Phi) is 2.65. The van der Waals surface area contributed by atoms with Crippen molar-refractivity contribution in [2.75, 3.05) is 26.3 Å². The van der Waals surface area contributed by atoms with Crippen molar-refractivity contribution >= 4 is 0 Å². The Labute approximate surface area is 61.4 Å². The second kappa shape index (κ2) is 3.32. The van der Waals surface area contributed by atoms with E-state index in [0.29, 0.717) is 19.8 Å². The lowest BCUT2D eigenvalue weighted by atomic mass is 10.1. The average molecular weight is 145 g/mol. The number of ether oxygens (including phenoxy) is 1. The second-order valence-corrected chi connectivity index (χ2v) is 2.79. The first-order valence-corrected chi connectivity index (χ1v) is 3.78. The van der Waals surface area contributed by atoms with Gasteiger partial charge in [-0.15, -0.1) is 0 Å². The van der Waals surface area contributed by atoms with Crippen molar-refractivity contribution in [2.45, 2.75) is 18.9 Å². The summed E-state index contributed by atoms with van der Waals surface area (Å²) in [5.74, 6) is 0. The molecule has 1 aliphatic heterocycles. The fourth-order valence-electron chi connectivity index (χ4n) is 1.15. The van der Waals surface area contributed by atoms with E-state index >= 15 is 0 Å². The number of hydrogen-bond donors (Lipinski definition) is 2. The maximum Gasteiger partial charge on any atom is 0.102 e. The van der Waals surface area contributed by atoms with Crippen LogP contribution in [0.15, 0.2) is 0 Å². The lowest BCUT2D eigenvalue weighted by Crippen LogP contribution is -2.36. The van der Waals surface area contributed by atoms with Crippen molar-refractivity contribution in [1.82, 2.24) is 5.32 Å². The van der Waals surface area contributed by atoms with Gasteiger partial charge in [0.25, 0.3) is 0 Å². The minimum Gasteiger partial charge on any atom is -0.386 e. The van der Waals surface area contributed by atoms with Crippen LogP contribution in [0.3, 0.4) is 0 Å². The topological polar surface area (TPSA) is 41.5 Å². The summed E-state index contributed by atoms with van der Waals surface area (Å²) in [5, 5.41) is 12.7. The number of nitrogens with one attached hydrogen (secondary N) is 1. The van der Waals surface area contributed by atoms with E-state index in [1.807, 2.05) is 6.92 Å². The molecule has 0 aromatic heterocycles. The van der Waals surface area contributed by atoms with Crippen LogP contribution in [0.4, 0.5) is 0 Å². The van der Waals surface area contributed by atoms with Crippen molar-refractivity contribution < 1.29 is 9.84 Å². The zero-order chi connectivity index (χ0) is 7.45. The number of hydrogen-bond acceptors (Lipinski definition) is 3. The first-order chi connectivity index (χ1) is 4.77. The van der Waals surface area contributed by atoms with Crippen LogP contribution in [0.25, 0.3) is 0 Å². The van der Waals surface area contributed by atoms with Crippen LogP contribution < -0.4 is 5.32 Å². The smallest absolute Gasteiger partial charge is 0.102 e. The molecule has 0 bridgehead atoms. The standard InChI is InChI=1S/C7H15NO2/c1-2-10-6-7(9)3-4-8-5-7/h8-9H,2-6H2,1H3. The van der Waals surface area contributed by atoms with Gasteiger partial charge in [-0.3, -0.25) is 0 Å². The van der Waals surface area contributed by atoms with Gasteiger partial charge in [0.1, 0.15) is 5.60 Å². The summed E-state index contributed by atoms with van der Waals surface area (Å²) in [6, 6.07) is 0. The molecule has 0 aromatic carbocycles. The molecule has 0 amide bonds. The van der Waals surface area contributed by atoms with Gasteiger partial charge in [0.15, 0.2) is 0 Å². The fraction of sp³-hybridized carbons (Fsp3) is 1.00. The van der Waals surface area contributed by atoms with Crippen LogP contribution in [-0.4, -0.2) is 37.0 Å². The SMILES string of the molecule is CCOCC1(O)CCNC1. The second-order valence-electron chi connectivity index (χ2n) is 2.79. The summed E-state index contributed by atoms with van der Waals surface area (Å²) in [6.45, 7) is 4.67. The van der Waals surface area contributed by atoms with Crippen molar-refractivity contribution in [3.8, 4) is 0 Å². The van der Waals surface area contributed by atoms with Crippen LogP contribution >= 0.6 is 0 Å². The quantitative estimate of drug-likeness (QED) is 0.575. The van der Waals surface area contributed by atoms with Gasteiger partial charge >= 0.3 is 0 Å². The molecule has 1 heterocycles. The normalized spacial score (nSPS) is 33.0. The van der Waals surface area contributed by atoms with Gasteiger partial charge in [0.2, 0.25) is 0 Å². The molecule has 0 saturated carbocycles. The monoisotopic (exact) mass is 145 g/mol. The van der Waals surface area contributed by atoms with Crippen LogP contribution in [0.5, 0.6) is 0 Å². The van der Waals surface area contributed by atoms with Crippen molar-refractivity contribution in [1.29, 1.82) is 0 Å². The molecule has 60 valence electrons. The van der Waals surface area contributed by atoms with Crippen LogP contribution in [-0.2, 0) is 4.74 Å². The molecule has 0 radical (unpaired) electrons. The summed E-state index contributed by atoms with van der Waals surface area (Å²) >= 11 is 0. The van der Waals surface area contributed by atoms with E-state index in [2.05, 4.69) is 5.32 Å². The van der Waals surface area contributed by atoms with Crippen molar-refractivity contribution in [3.63, 3.8) is 0 Å². The Bertz CT molecular complexity index is 99.8. The maximum atomic E-state index is 9.63. The molecule has 1 atom stereocenters. The lowest BCUT2D eigenvalue weighted by Gasteiger charge is -2.20. The molecule has 2 N–H and O–H groups in total. The highest BCUT2D eigenvalue weighted by atomic mass is 16.5. The van der Waals surface area contributed by atoms with Gasteiger partial charge in [-0.1, -0.05) is 0 Å². The Hall–Kier alpha value is -0.120. The molecule has 0 spiro atoms.